The molecule has 2 rings (SSSR count). The van der Waals surface area contributed by atoms with Crippen molar-refractivity contribution >= 4 is 6.41 Å². The van der Waals surface area contributed by atoms with E-state index in [2.05, 4.69) is 12.2 Å². The van der Waals surface area contributed by atoms with Crippen molar-refractivity contribution in [2.45, 2.75) is 51.0 Å². The second kappa shape index (κ2) is 9.48. The molecule has 1 aliphatic rings. The van der Waals surface area contributed by atoms with E-state index in [0.29, 0.717) is 12.6 Å². The molecular weight excluding hydrogens is 255 g/mol. The minimum atomic E-state index is -0.135. The van der Waals surface area contributed by atoms with Gasteiger partial charge in [0, 0.05) is 6.04 Å². The SMILES string of the molecule is CCC(CCCN)NC=O.Fc1ccc(C2CC2)cc1. The van der Waals surface area contributed by atoms with Gasteiger partial charge in [-0.2, -0.15) is 0 Å². The number of halogens is 1. The van der Waals surface area contributed by atoms with E-state index < -0.39 is 0 Å². The first-order chi connectivity index (χ1) is 9.71. The molecule has 0 spiro atoms. The Labute approximate surface area is 120 Å². The Kier molecular flexibility index (Phi) is 7.88. The van der Waals surface area contributed by atoms with Crippen LogP contribution in [0.2, 0.25) is 0 Å². The molecule has 1 fully saturated rings. The summed E-state index contributed by atoms with van der Waals surface area (Å²) in [4.78, 5) is 9.99. The second-order valence-electron chi connectivity index (χ2n) is 5.15. The Hall–Kier alpha value is -1.42. The number of carbonyl (C=O) groups excluding carboxylic acids is 1. The Morgan fingerprint density at radius 1 is 1.40 bits per heavy atom. The lowest BCUT2D eigenvalue weighted by atomic mass is 10.1. The third-order valence-electron chi connectivity index (χ3n) is 3.47. The van der Waals surface area contributed by atoms with Crippen LogP contribution in [0.1, 0.15) is 50.5 Å². The smallest absolute Gasteiger partial charge is 0.207 e. The first kappa shape index (κ1) is 16.6. The summed E-state index contributed by atoms with van der Waals surface area (Å²) >= 11 is 0. The quantitative estimate of drug-likeness (QED) is 0.754. The summed E-state index contributed by atoms with van der Waals surface area (Å²) in [5.74, 6) is 0.602. The number of carbonyl (C=O) groups is 1. The molecule has 4 heteroatoms. The number of hydrogen-bond donors (Lipinski definition) is 2. The summed E-state index contributed by atoms with van der Waals surface area (Å²) in [6.07, 6.45) is 6.28. The summed E-state index contributed by atoms with van der Waals surface area (Å²) in [6, 6.07) is 7.16. The van der Waals surface area contributed by atoms with Gasteiger partial charge in [-0.1, -0.05) is 19.1 Å². The van der Waals surface area contributed by atoms with E-state index in [4.69, 9.17) is 5.73 Å². The maximum absolute atomic E-state index is 12.4. The highest BCUT2D eigenvalue weighted by molar-refractivity contribution is 5.46. The monoisotopic (exact) mass is 280 g/mol. The molecule has 3 N–H and O–H groups in total. The van der Waals surface area contributed by atoms with Gasteiger partial charge in [0.2, 0.25) is 6.41 Å². The van der Waals surface area contributed by atoms with Gasteiger partial charge >= 0.3 is 0 Å². The van der Waals surface area contributed by atoms with Crippen molar-refractivity contribution in [1.29, 1.82) is 0 Å². The van der Waals surface area contributed by atoms with E-state index in [1.54, 1.807) is 0 Å². The highest BCUT2D eigenvalue weighted by Crippen LogP contribution is 2.39. The van der Waals surface area contributed by atoms with Gasteiger partial charge in [-0.05, 0) is 62.3 Å². The fourth-order valence-electron chi connectivity index (χ4n) is 2.02. The predicted molar refractivity (Wildman–Crippen MR) is 79.9 cm³/mol. The number of amides is 1. The maximum Gasteiger partial charge on any atom is 0.207 e. The van der Waals surface area contributed by atoms with E-state index in [-0.39, 0.29) is 5.82 Å². The van der Waals surface area contributed by atoms with E-state index in [1.807, 2.05) is 12.1 Å². The van der Waals surface area contributed by atoms with Crippen LogP contribution < -0.4 is 11.1 Å². The van der Waals surface area contributed by atoms with Crippen molar-refractivity contribution in [2.75, 3.05) is 6.54 Å². The largest absolute Gasteiger partial charge is 0.356 e. The molecule has 1 saturated carbocycles. The zero-order chi connectivity index (χ0) is 14.8. The second-order valence-corrected chi connectivity index (χ2v) is 5.15. The van der Waals surface area contributed by atoms with Crippen molar-refractivity contribution in [2.24, 2.45) is 5.73 Å². The summed E-state index contributed by atoms with van der Waals surface area (Å²) in [7, 11) is 0. The van der Waals surface area contributed by atoms with Gasteiger partial charge in [-0.15, -0.1) is 0 Å². The zero-order valence-corrected chi connectivity index (χ0v) is 12.1. The first-order valence-corrected chi connectivity index (χ1v) is 7.36. The van der Waals surface area contributed by atoms with Crippen LogP contribution in [0.15, 0.2) is 24.3 Å². The molecule has 0 heterocycles. The summed E-state index contributed by atoms with van der Waals surface area (Å²) in [5.41, 5.74) is 6.60. The molecule has 0 aromatic heterocycles. The first-order valence-electron chi connectivity index (χ1n) is 7.36. The molecule has 1 unspecified atom stereocenters. The van der Waals surface area contributed by atoms with Crippen LogP contribution in [0.5, 0.6) is 0 Å². The molecule has 0 bridgehead atoms. The molecule has 0 radical (unpaired) electrons. The lowest BCUT2D eigenvalue weighted by Crippen LogP contribution is -2.27. The van der Waals surface area contributed by atoms with E-state index in [0.717, 1.165) is 31.6 Å². The van der Waals surface area contributed by atoms with Crippen molar-refractivity contribution in [3.8, 4) is 0 Å². The van der Waals surface area contributed by atoms with Gasteiger partial charge in [-0.3, -0.25) is 4.79 Å². The van der Waals surface area contributed by atoms with Crippen LogP contribution in [0, 0.1) is 5.82 Å². The number of hydrogen-bond acceptors (Lipinski definition) is 2. The molecule has 3 nitrogen and oxygen atoms in total. The van der Waals surface area contributed by atoms with Gasteiger partial charge in [-0.25, -0.2) is 4.39 Å². The van der Waals surface area contributed by atoms with Crippen molar-refractivity contribution in [1.82, 2.24) is 5.32 Å². The topological polar surface area (TPSA) is 55.1 Å². The van der Waals surface area contributed by atoms with Gasteiger partial charge in [0.25, 0.3) is 0 Å². The van der Waals surface area contributed by atoms with Crippen LogP contribution in [0.3, 0.4) is 0 Å². The minimum absolute atomic E-state index is 0.135. The Morgan fingerprint density at radius 2 is 2.05 bits per heavy atom. The number of benzene rings is 1. The van der Waals surface area contributed by atoms with Gasteiger partial charge in [0.15, 0.2) is 0 Å². The van der Waals surface area contributed by atoms with Crippen LogP contribution in [0.25, 0.3) is 0 Å². The fraction of sp³-hybridized carbons (Fsp3) is 0.562. The normalized spacial score (nSPS) is 14.9. The molecule has 1 aromatic carbocycles. The number of nitrogens with two attached hydrogens (primary N) is 1. The van der Waals surface area contributed by atoms with E-state index in [9.17, 15) is 9.18 Å². The number of nitrogens with one attached hydrogen (secondary N) is 1. The molecule has 1 amide bonds. The van der Waals surface area contributed by atoms with E-state index >= 15 is 0 Å². The average Bonchev–Trinajstić information content (AvgIpc) is 3.29. The maximum atomic E-state index is 12.4. The van der Waals surface area contributed by atoms with Gasteiger partial charge in [0.05, 0.1) is 0 Å². The van der Waals surface area contributed by atoms with Crippen LogP contribution in [0.4, 0.5) is 4.39 Å². The Bertz CT molecular complexity index is 377. The minimum Gasteiger partial charge on any atom is -0.356 e. The van der Waals surface area contributed by atoms with Gasteiger partial charge < -0.3 is 11.1 Å². The highest BCUT2D eigenvalue weighted by atomic mass is 19.1. The summed E-state index contributed by atoms with van der Waals surface area (Å²) in [5, 5.41) is 2.73. The van der Waals surface area contributed by atoms with Crippen molar-refractivity contribution in [3.05, 3.63) is 35.6 Å². The zero-order valence-electron chi connectivity index (χ0n) is 12.1. The summed E-state index contributed by atoms with van der Waals surface area (Å²) in [6.45, 7) is 2.76. The molecule has 1 aromatic rings. The third-order valence-corrected chi connectivity index (χ3v) is 3.47. The standard InChI is InChI=1S/C9H9F.C7H16N2O/c10-9-5-3-8(4-6-9)7-1-2-7;1-2-7(9-6-10)4-3-5-8/h3-7H,1-2H2;6-7H,2-5,8H2,1H3,(H,9,10). The van der Waals surface area contributed by atoms with Gasteiger partial charge in [0.1, 0.15) is 5.82 Å². The number of rotatable bonds is 7. The van der Waals surface area contributed by atoms with Crippen LogP contribution >= 0.6 is 0 Å². The molecule has 1 atom stereocenters. The highest BCUT2D eigenvalue weighted by Gasteiger charge is 2.22. The Balaban J connectivity index is 0.000000200. The van der Waals surface area contributed by atoms with Crippen molar-refractivity contribution in [3.63, 3.8) is 0 Å². The summed E-state index contributed by atoms with van der Waals surface area (Å²) < 4.78 is 12.4. The average molecular weight is 280 g/mol. The molecule has 1 aliphatic carbocycles. The van der Waals surface area contributed by atoms with Crippen LogP contribution in [-0.4, -0.2) is 19.0 Å². The van der Waals surface area contributed by atoms with E-state index in [1.165, 1.54) is 30.5 Å². The molecule has 112 valence electrons. The Morgan fingerprint density at radius 3 is 2.50 bits per heavy atom. The molecular formula is C16H25FN2O. The lowest BCUT2D eigenvalue weighted by Gasteiger charge is -2.11. The molecule has 0 saturated heterocycles. The third kappa shape index (κ3) is 6.66. The fourth-order valence-corrected chi connectivity index (χ4v) is 2.02. The van der Waals surface area contributed by atoms with Crippen molar-refractivity contribution < 1.29 is 9.18 Å². The van der Waals surface area contributed by atoms with Crippen LogP contribution in [-0.2, 0) is 4.79 Å². The predicted octanol–water partition coefficient (Wildman–Crippen LogP) is 2.95. The molecule has 0 aliphatic heterocycles. The molecule has 20 heavy (non-hydrogen) atoms. The lowest BCUT2D eigenvalue weighted by molar-refractivity contribution is -0.110.